The Bertz CT molecular complexity index is 373. The largest absolute Gasteiger partial charge is 0.507 e. The Morgan fingerprint density at radius 3 is 2.53 bits per heavy atom. The van der Waals surface area contributed by atoms with Crippen LogP contribution in [0.3, 0.4) is 0 Å². The van der Waals surface area contributed by atoms with E-state index in [1.54, 1.807) is 0 Å². The summed E-state index contributed by atoms with van der Waals surface area (Å²) in [4.78, 5) is 11.7. The monoisotopic (exact) mass is 238 g/mol. The Kier molecular flexibility index (Phi) is 4.78. The molecule has 0 saturated carbocycles. The smallest absolute Gasteiger partial charge is 0.258 e. The van der Waals surface area contributed by atoms with E-state index in [4.69, 9.17) is 5.73 Å². The highest BCUT2D eigenvalue weighted by Crippen LogP contribution is 2.25. The van der Waals surface area contributed by atoms with E-state index in [1.807, 2.05) is 6.92 Å². The van der Waals surface area contributed by atoms with Gasteiger partial charge in [-0.05, 0) is 18.6 Å². The number of phenolic OH excluding ortho intramolecular Hbond substituents is 2. The SMILES string of the molecule is CCCC(N)CNC(=O)c1c(O)cccc1O. The molecule has 1 aromatic carbocycles. The highest BCUT2D eigenvalue weighted by molar-refractivity contribution is 5.99. The summed E-state index contributed by atoms with van der Waals surface area (Å²) in [5.74, 6) is -1.01. The van der Waals surface area contributed by atoms with Crippen LogP contribution in [-0.4, -0.2) is 28.7 Å². The molecule has 0 aliphatic rings. The fraction of sp³-hybridized carbons (Fsp3) is 0.417. The molecule has 1 atom stereocenters. The Labute approximate surface area is 100 Å². The normalized spacial score (nSPS) is 12.1. The van der Waals surface area contributed by atoms with Crippen molar-refractivity contribution in [3.63, 3.8) is 0 Å². The van der Waals surface area contributed by atoms with E-state index in [2.05, 4.69) is 5.32 Å². The van der Waals surface area contributed by atoms with Gasteiger partial charge in [0.1, 0.15) is 17.1 Å². The zero-order chi connectivity index (χ0) is 12.8. The lowest BCUT2D eigenvalue weighted by Crippen LogP contribution is -2.37. The van der Waals surface area contributed by atoms with E-state index < -0.39 is 5.91 Å². The van der Waals surface area contributed by atoms with Crippen LogP contribution in [0.2, 0.25) is 0 Å². The van der Waals surface area contributed by atoms with Crippen molar-refractivity contribution in [3.05, 3.63) is 23.8 Å². The molecule has 0 aliphatic carbocycles. The molecule has 0 spiro atoms. The number of carbonyl (C=O) groups excluding carboxylic acids is 1. The number of hydrogen-bond acceptors (Lipinski definition) is 4. The van der Waals surface area contributed by atoms with E-state index in [0.29, 0.717) is 6.54 Å². The van der Waals surface area contributed by atoms with Crippen molar-refractivity contribution in [1.82, 2.24) is 5.32 Å². The van der Waals surface area contributed by atoms with Gasteiger partial charge in [0.15, 0.2) is 0 Å². The molecule has 1 unspecified atom stereocenters. The summed E-state index contributed by atoms with van der Waals surface area (Å²) < 4.78 is 0. The number of phenols is 2. The standard InChI is InChI=1S/C12H18N2O3/c1-2-4-8(13)7-14-12(17)11-9(15)5-3-6-10(11)16/h3,5-6,8,15-16H,2,4,7,13H2,1H3,(H,14,17). The summed E-state index contributed by atoms with van der Waals surface area (Å²) >= 11 is 0. The van der Waals surface area contributed by atoms with Gasteiger partial charge >= 0.3 is 0 Å². The van der Waals surface area contributed by atoms with Gasteiger partial charge < -0.3 is 21.3 Å². The predicted octanol–water partition coefficient (Wildman–Crippen LogP) is 0.955. The third-order valence-corrected chi connectivity index (χ3v) is 2.43. The second-order valence-electron chi connectivity index (χ2n) is 3.93. The first-order chi connectivity index (χ1) is 8.06. The second kappa shape index (κ2) is 6.10. The van der Waals surface area contributed by atoms with Gasteiger partial charge in [-0.2, -0.15) is 0 Å². The fourth-order valence-electron chi connectivity index (χ4n) is 1.55. The highest BCUT2D eigenvalue weighted by atomic mass is 16.3. The van der Waals surface area contributed by atoms with Crippen LogP contribution < -0.4 is 11.1 Å². The minimum Gasteiger partial charge on any atom is -0.507 e. The van der Waals surface area contributed by atoms with Crippen LogP contribution in [0.5, 0.6) is 11.5 Å². The van der Waals surface area contributed by atoms with Crippen molar-refractivity contribution in [3.8, 4) is 11.5 Å². The molecule has 0 aromatic heterocycles. The van der Waals surface area contributed by atoms with Crippen LogP contribution in [0.25, 0.3) is 0 Å². The van der Waals surface area contributed by atoms with Gasteiger partial charge in [0.2, 0.25) is 0 Å². The number of hydrogen-bond donors (Lipinski definition) is 4. The van der Waals surface area contributed by atoms with Gasteiger partial charge in [0, 0.05) is 12.6 Å². The number of aromatic hydroxyl groups is 2. The maximum absolute atomic E-state index is 11.7. The van der Waals surface area contributed by atoms with Gasteiger partial charge in [0.05, 0.1) is 0 Å². The minimum absolute atomic E-state index is 0.114. The molecule has 5 nitrogen and oxygen atoms in total. The van der Waals surface area contributed by atoms with Crippen LogP contribution in [0.4, 0.5) is 0 Å². The van der Waals surface area contributed by atoms with Gasteiger partial charge in [-0.15, -0.1) is 0 Å². The highest BCUT2D eigenvalue weighted by Gasteiger charge is 2.16. The van der Waals surface area contributed by atoms with Crippen LogP contribution in [0, 0.1) is 0 Å². The van der Waals surface area contributed by atoms with Crippen molar-refractivity contribution in [2.75, 3.05) is 6.54 Å². The molecule has 1 aromatic rings. The third-order valence-electron chi connectivity index (χ3n) is 2.43. The lowest BCUT2D eigenvalue weighted by atomic mass is 10.1. The van der Waals surface area contributed by atoms with Crippen LogP contribution >= 0.6 is 0 Å². The summed E-state index contributed by atoms with van der Waals surface area (Å²) in [5.41, 5.74) is 5.63. The lowest BCUT2D eigenvalue weighted by molar-refractivity contribution is 0.0945. The Morgan fingerprint density at radius 1 is 1.41 bits per heavy atom. The second-order valence-corrected chi connectivity index (χ2v) is 3.93. The van der Waals surface area contributed by atoms with Crippen LogP contribution in [0.15, 0.2) is 18.2 Å². The topological polar surface area (TPSA) is 95.6 Å². The number of nitrogens with two attached hydrogens (primary N) is 1. The summed E-state index contributed by atoms with van der Waals surface area (Å²) in [6.07, 6.45) is 1.76. The van der Waals surface area contributed by atoms with Crippen molar-refractivity contribution < 1.29 is 15.0 Å². The van der Waals surface area contributed by atoms with Crippen LogP contribution in [0.1, 0.15) is 30.1 Å². The van der Waals surface area contributed by atoms with Crippen LogP contribution in [-0.2, 0) is 0 Å². The summed E-state index contributed by atoms with van der Waals surface area (Å²) in [5, 5.41) is 21.5. The van der Waals surface area contributed by atoms with Gasteiger partial charge in [-0.25, -0.2) is 0 Å². The molecule has 0 bridgehead atoms. The molecule has 0 heterocycles. The molecule has 0 saturated heterocycles. The van der Waals surface area contributed by atoms with E-state index in [0.717, 1.165) is 12.8 Å². The number of benzene rings is 1. The molecular formula is C12H18N2O3. The number of nitrogens with one attached hydrogen (secondary N) is 1. The molecule has 0 fully saturated rings. The molecule has 1 amide bonds. The average molecular weight is 238 g/mol. The first-order valence-corrected chi connectivity index (χ1v) is 5.61. The fourth-order valence-corrected chi connectivity index (χ4v) is 1.55. The molecule has 5 heteroatoms. The quantitative estimate of drug-likeness (QED) is 0.614. The van der Waals surface area contributed by atoms with Crippen molar-refractivity contribution in [2.45, 2.75) is 25.8 Å². The Morgan fingerprint density at radius 2 is 2.00 bits per heavy atom. The zero-order valence-electron chi connectivity index (χ0n) is 9.81. The lowest BCUT2D eigenvalue weighted by Gasteiger charge is -2.12. The summed E-state index contributed by atoms with van der Waals surface area (Å²) in [7, 11) is 0. The van der Waals surface area contributed by atoms with Gasteiger partial charge in [-0.1, -0.05) is 19.4 Å². The molecule has 94 valence electrons. The molecule has 5 N–H and O–H groups in total. The van der Waals surface area contributed by atoms with Crippen molar-refractivity contribution in [1.29, 1.82) is 0 Å². The van der Waals surface area contributed by atoms with Crippen molar-refractivity contribution in [2.24, 2.45) is 5.73 Å². The molecule has 1 rings (SSSR count). The molecule has 0 radical (unpaired) electrons. The number of amides is 1. The average Bonchev–Trinajstić information content (AvgIpc) is 2.26. The molecular weight excluding hydrogens is 220 g/mol. The molecule has 17 heavy (non-hydrogen) atoms. The predicted molar refractivity (Wildman–Crippen MR) is 65.0 cm³/mol. The Balaban J connectivity index is 2.64. The minimum atomic E-state index is -0.521. The Hall–Kier alpha value is -1.75. The van der Waals surface area contributed by atoms with Gasteiger partial charge in [-0.3, -0.25) is 4.79 Å². The third kappa shape index (κ3) is 3.64. The van der Waals surface area contributed by atoms with E-state index in [-0.39, 0.29) is 23.1 Å². The molecule has 0 aliphatic heterocycles. The number of rotatable bonds is 5. The first kappa shape index (κ1) is 13.3. The zero-order valence-corrected chi connectivity index (χ0v) is 9.81. The van der Waals surface area contributed by atoms with Gasteiger partial charge in [0.25, 0.3) is 5.91 Å². The van der Waals surface area contributed by atoms with E-state index >= 15 is 0 Å². The maximum Gasteiger partial charge on any atom is 0.258 e. The van der Waals surface area contributed by atoms with Crippen molar-refractivity contribution >= 4 is 5.91 Å². The maximum atomic E-state index is 11.7. The first-order valence-electron chi connectivity index (χ1n) is 5.61. The van der Waals surface area contributed by atoms with E-state index in [9.17, 15) is 15.0 Å². The number of carbonyl (C=O) groups is 1. The van der Waals surface area contributed by atoms with E-state index in [1.165, 1.54) is 18.2 Å². The summed E-state index contributed by atoms with van der Waals surface area (Å²) in [6, 6.07) is 4.04. The summed E-state index contributed by atoms with van der Waals surface area (Å²) in [6.45, 7) is 2.33.